The van der Waals surface area contributed by atoms with E-state index in [1.54, 1.807) is 0 Å². The molecule has 5 heteroatoms. The predicted octanol–water partition coefficient (Wildman–Crippen LogP) is 8.69. The minimum atomic E-state index is -0.510. The molecule has 0 amide bonds. The van der Waals surface area contributed by atoms with E-state index in [0.29, 0.717) is 26.3 Å². The highest BCUT2D eigenvalue weighted by Crippen LogP contribution is 2.11. The lowest BCUT2D eigenvalue weighted by Gasteiger charge is -2.27. The Bertz CT molecular complexity index is 419. The second-order valence-electron chi connectivity index (χ2n) is 11.9. The molecule has 0 radical (unpaired) electrons. The molecule has 39 heavy (non-hydrogen) atoms. The molecule has 0 aliphatic carbocycles. The summed E-state index contributed by atoms with van der Waals surface area (Å²) in [6.45, 7) is 11.0. The highest BCUT2D eigenvalue weighted by atomic mass is 16.5. The van der Waals surface area contributed by atoms with Crippen LogP contribution in [0.5, 0.6) is 0 Å². The number of hydrogen-bond acceptors (Lipinski definition) is 5. The molecule has 5 nitrogen and oxygen atoms in total. The van der Waals surface area contributed by atoms with Crippen molar-refractivity contribution in [1.29, 1.82) is 0 Å². The Labute approximate surface area is 244 Å². The standard InChI is InChI=1S/C34H71NO4/c1-4-7-10-13-16-18-21-24-27-38-31-33(36)29-35(26-23-20-15-12-9-6-3)30-34(37)32-39-28-25-22-19-17-14-11-8-5-2/h33-34,36-37H,4-32H2,1-3H3. The summed E-state index contributed by atoms with van der Waals surface area (Å²) in [6.07, 6.45) is 27.1. The minimum Gasteiger partial charge on any atom is -0.389 e. The van der Waals surface area contributed by atoms with Crippen molar-refractivity contribution in [3.63, 3.8) is 0 Å². The fourth-order valence-electron chi connectivity index (χ4n) is 5.19. The van der Waals surface area contributed by atoms with Crippen LogP contribution in [-0.2, 0) is 9.47 Å². The first kappa shape index (κ1) is 38.8. The number of nitrogens with zero attached hydrogens (tertiary/aromatic N) is 1. The van der Waals surface area contributed by atoms with Gasteiger partial charge in [0.2, 0.25) is 0 Å². The third kappa shape index (κ3) is 30.6. The molecule has 0 saturated carbocycles. The second-order valence-corrected chi connectivity index (χ2v) is 11.9. The Kier molecular flexibility index (Phi) is 32.2. The van der Waals surface area contributed by atoms with Crippen LogP contribution >= 0.6 is 0 Å². The van der Waals surface area contributed by atoms with Crippen molar-refractivity contribution in [2.24, 2.45) is 0 Å². The molecule has 0 bridgehead atoms. The third-order valence-electron chi connectivity index (χ3n) is 7.67. The largest absolute Gasteiger partial charge is 0.389 e. The molecule has 0 aromatic heterocycles. The molecule has 0 saturated heterocycles. The van der Waals surface area contributed by atoms with Gasteiger partial charge in [0, 0.05) is 26.3 Å². The van der Waals surface area contributed by atoms with Gasteiger partial charge in [0.05, 0.1) is 25.4 Å². The molecule has 0 aliphatic heterocycles. The summed E-state index contributed by atoms with van der Waals surface area (Å²) >= 11 is 0. The third-order valence-corrected chi connectivity index (χ3v) is 7.67. The maximum absolute atomic E-state index is 10.6. The first-order valence-electron chi connectivity index (χ1n) is 17.4. The van der Waals surface area contributed by atoms with Crippen molar-refractivity contribution in [3.8, 4) is 0 Å². The Morgan fingerprint density at radius 2 is 0.744 bits per heavy atom. The normalized spacial score (nSPS) is 13.4. The molecule has 2 unspecified atom stereocenters. The lowest BCUT2D eigenvalue weighted by molar-refractivity contribution is -0.0113. The molecule has 0 heterocycles. The molecule has 2 N–H and O–H groups in total. The first-order chi connectivity index (χ1) is 19.1. The van der Waals surface area contributed by atoms with Gasteiger partial charge in [-0.1, -0.05) is 143 Å². The van der Waals surface area contributed by atoms with E-state index >= 15 is 0 Å². The van der Waals surface area contributed by atoms with Crippen LogP contribution in [0.1, 0.15) is 162 Å². The molecule has 0 spiro atoms. The van der Waals surface area contributed by atoms with E-state index in [1.165, 1.54) is 122 Å². The van der Waals surface area contributed by atoms with Gasteiger partial charge in [0.1, 0.15) is 0 Å². The van der Waals surface area contributed by atoms with E-state index in [4.69, 9.17) is 9.47 Å². The van der Waals surface area contributed by atoms with Crippen LogP contribution in [0.2, 0.25) is 0 Å². The van der Waals surface area contributed by atoms with E-state index in [0.717, 1.165) is 39.0 Å². The number of unbranched alkanes of at least 4 members (excludes halogenated alkanes) is 19. The topological polar surface area (TPSA) is 62.2 Å². The van der Waals surface area contributed by atoms with Gasteiger partial charge in [0.15, 0.2) is 0 Å². The van der Waals surface area contributed by atoms with Crippen LogP contribution in [0.4, 0.5) is 0 Å². The van der Waals surface area contributed by atoms with E-state index in [1.807, 2.05) is 0 Å². The van der Waals surface area contributed by atoms with Gasteiger partial charge in [-0.3, -0.25) is 4.90 Å². The molecule has 0 rings (SSSR count). The fourth-order valence-corrected chi connectivity index (χ4v) is 5.19. The molecule has 0 aliphatic rings. The fraction of sp³-hybridized carbons (Fsp3) is 1.00. The number of hydrogen-bond donors (Lipinski definition) is 2. The van der Waals surface area contributed by atoms with Crippen molar-refractivity contribution < 1.29 is 19.7 Å². The quantitative estimate of drug-likeness (QED) is 0.0790. The molecular weight excluding hydrogens is 486 g/mol. The Hall–Kier alpha value is -0.200. The Morgan fingerprint density at radius 3 is 1.10 bits per heavy atom. The van der Waals surface area contributed by atoms with Crippen LogP contribution in [0.15, 0.2) is 0 Å². The van der Waals surface area contributed by atoms with E-state index in [-0.39, 0.29) is 0 Å². The van der Waals surface area contributed by atoms with Gasteiger partial charge in [-0.25, -0.2) is 0 Å². The monoisotopic (exact) mass is 558 g/mol. The van der Waals surface area contributed by atoms with Crippen molar-refractivity contribution in [2.45, 2.75) is 174 Å². The summed E-state index contributed by atoms with van der Waals surface area (Å²) < 4.78 is 11.6. The van der Waals surface area contributed by atoms with Gasteiger partial charge < -0.3 is 19.7 Å². The maximum atomic E-state index is 10.6. The zero-order valence-corrected chi connectivity index (χ0v) is 26.8. The maximum Gasteiger partial charge on any atom is 0.0900 e. The first-order valence-corrected chi connectivity index (χ1v) is 17.4. The van der Waals surface area contributed by atoms with Gasteiger partial charge >= 0.3 is 0 Å². The van der Waals surface area contributed by atoms with Crippen molar-refractivity contribution >= 4 is 0 Å². The minimum absolute atomic E-state index is 0.383. The summed E-state index contributed by atoms with van der Waals surface area (Å²) in [4.78, 5) is 2.22. The predicted molar refractivity (Wildman–Crippen MR) is 169 cm³/mol. The van der Waals surface area contributed by atoms with Crippen LogP contribution in [0.25, 0.3) is 0 Å². The van der Waals surface area contributed by atoms with Gasteiger partial charge in [-0.2, -0.15) is 0 Å². The summed E-state index contributed by atoms with van der Waals surface area (Å²) in [7, 11) is 0. The van der Waals surface area contributed by atoms with Crippen molar-refractivity contribution in [3.05, 3.63) is 0 Å². The highest BCUT2D eigenvalue weighted by Gasteiger charge is 2.16. The number of rotatable bonds is 33. The van der Waals surface area contributed by atoms with Gasteiger partial charge in [-0.15, -0.1) is 0 Å². The van der Waals surface area contributed by atoms with E-state index < -0.39 is 12.2 Å². The molecule has 0 aromatic rings. The van der Waals surface area contributed by atoms with Gasteiger partial charge in [-0.05, 0) is 25.8 Å². The van der Waals surface area contributed by atoms with Crippen molar-refractivity contribution in [1.82, 2.24) is 4.90 Å². The lowest BCUT2D eigenvalue weighted by Crippen LogP contribution is -2.41. The smallest absolute Gasteiger partial charge is 0.0900 e. The number of aliphatic hydroxyl groups is 2. The summed E-state index contributed by atoms with van der Waals surface area (Å²) in [6, 6.07) is 0. The summed E-state index contributed by atoms with van der Waals surface area (Å²) in [5.74, 6) is 0. The second kappa shape index (κ2) is 32.3. The SMILES string of the molecule is CCCCCCCCCCOCC(O)CN(CCCCCCCC)CC(O)COCCCCCCCCCC. The molecule has 0 fully saturated rings. The summed E-state index contributed by atoms with van der Waals surface area (Å²) in [5.41, 5.74) is 0. The van der Waals surface area contributed by atoms with E-state index in [2.05, 4.69) is 25.7 Å². The Balaban J connectivity index is 4.09. The summed E-state index contributed by atoms with van der Waals surface area (Å²) in [5, 5.41) is 21.2. The molecular formula is C34H71NO4. The molecule has 0 aromatic carbocycles. The number of ether oxygens (including phenoxy) is 2. The van der Waals surface area contributed by atoms with Crippen LogP contribution in [0, 0.1) is 0 Å². The van der Waals surface area contributed by atoms with Gasteiger partial charge in [0.25, 0.3) is 0 Å². The Morgan fingerprint density at radius 1 is 0.436 bits per heavy atom. The average Bonchev–Trinajstić information content (AvgIpc) is 2.92. The molecule has 2 atom stereocenters. The van der Waals surface area contributed by atoms with Crippen LogP contribution in [0.3, 0.4) is 0 Å². The lowest BCUT2D eigenvalue weighted by atomic mass is 10.1. The van der Waals surface area contributed by atoms with E-state index in [9.17, 15) is 10.2 Å². The highest BCUT2D eigenvalue weighted by molar-refractivity contribution is 4.69. The van der Waals surface area contributed by atoms with Crippen LogP contribution in [-0.4, -0.2) is 73.4 Å². The average molecular weight is 558 g/mol. The zero-order valence-electron chi connectivity index (χ0n) is 26.8. The van der Waals surface area contributed by atoms with Crippen LogP contribution < -0.4 is 0 Å². The van der Waals surface area contributed by atoms with Crippen molar-refractivity contribution in [2.75, 3.05) is 46.1 Å². The number of aliphatic hydroxyl groups excluding tert-OH is 2. The molecule has 236 valence electrons. The zero-order chi connectivity index (χ0) is 28.7.